The predicted octanol–water partition coefficient (Wildman–Crippen LogP) is 1.56. The lowest BCUT2D eigenvalue weighted by Crippen LogP contribution is -2.34. The van der Waals surface area contributed by atoms with Crippen LogP contribution in [-0.4, -0.2) is 18.8 Å². The molecule has 2 amide bonds. The summed E-state index contributed by atoms with van der Waals surface area (Å²) in [7, 11) is 0. The van der Waals surface area contributed by atoms with E-state index in [1.54, 1.807) is 18.3 Å². The summed E-state index contributed by atoms with van der Waals surface area (Å²) in [5, 5.41) is 6.51. The third-order valence-corrected chi connectivity index (χ3v) is 1.99. The highest BCUT2D eigenvalue weighted by molar-refractivity contribution is 5.82. The quantitative estimate of drug-likeness (QED) is 0.420. The summed E-state index contributed by atoms with van der Waals surface area (Å²) in [6.07, 6.45) is 1.56. The van der Waals surface area contributed by atoms with Gasteiger partial charge in [0.1, 0.15) is 0 Å². The topological polar surface area (TPSA) is 79.5 Å². The highest BCUT2D eigenvalue weighted by atomic mass is 16.2. The first-order valence-corrected chi connectivity index (χ1v) is 5.50. The molecule has 0 atom stereocenters. The third kappa shape index (κ3) is 5.55. The van der Waals surface area contributed by atoms with Gasteiger partial charge in [-0.1, -0.05) is 26.0 Å². The molecule has 4 N–H and O–H groups in total. The molecule has 17 heavy (non-hydrogen) atoms. The molecule has 92 valence electrons. The van der Waals surface area contributed by atoms with E-state index in [1.165, 1.54) is 0 Å². The monoisotopic (exact) mass is 234 g/mol. The van der Waals surface area contributed by atoms with E-state index in [9.17, 15) is 4.79 Å². The van der Waals surface area contributed by atoms with Crippen LogP contribution in [0.4, 0.5) is 10.5 Å². The number of benzene rings is 1. The van der Waals surface area contributed by atoms with Crippen molar-refractivity contribution in [3.05, 3.63) is 29.8 Å². The van der Waals surface area contributed by atoms with Crippen molar-refractivity contribution in [2.45, 2.75) is 13.8 Å². The van der Waals surface area contributed by atoms with Gasteiger partial charge in [-0.25, -0.2) is 10.2 Å². The molecule has 0 aliphatic carbocycles. The number of rotatable bonds is 4. The molecular formula is C12H18N4O. The summed E-state index contributed by atoms with van der Waals surface area (Å²) in [4.78, 5) is 11.2. The summed E-state index contributed by atoms with van der Waals surface area (Å²) in [5.41, 5.74) is 9.51. The minimum Gasteiger partial charge on any atom is -0.399 e. The van der Waals surface area contributed by atoms with Gasteiger partial charge in [0, 0.05) is 12.2 Å². The van der Waals surface area contributed by atoms with Crippen molar-refractivity contribution in [2.75, 3.05) is 12.3 Å². The van der Waals surface area contributed by atoms with Crippen LogP contribution in [0.5, 0.6) is 0 Å². The normalized spacial score (nSPS) is 10.8. The van der Waals surface area contributed by atoms with Gasteiger partial charge in [-0.05, 0) is 23.6 Å². The molecule has 0 aromatic heterocycles. The standard InChI is InChI=1S/C12H18N4O/c1-9(2)7-14-12(17)16-15-8-10-3-5-11(13)6-4-10/h3-6,8-9H,7,13H2,1-2H3,(H2,14,16,17). The van der Waals surface area contributed by atoms with E-state index in [0.29, 0.717) is 18.2 Å². The summed E-state index contributed by atoms with van der Waals surface area (Å²) in [6.45, 7) is 4.68. The van der Waals surface area contributed by atoms with E-state index in [1.807, 2.05) is 26.0 Å². The van der Waals surface area contributed by atoms with Gasteiger partial charge in [0.25, 0.3) is 0 Å². The van der Waals surface area contributed by atoms with Crippen molar-refractivity contribution >= 4 is 17.9 Å². The largest absolute Gasteiger partial charge is 0.399 e. The third-order valence-electron chi connectivity index (χ3n) is 1.99. The van der Waals surface area contributed by atoms with Crippen molar-refractivity contribution in [2.24, 2.45) is 11.0 Å². The van der Waals surface area contributed by atoms with Gasteiger partial charge in [0.2, 0.25) is 0 Å². The lowest BCUT2D eigenvalue weighted by molar-refractivity contribution is 0.240. The Bertz CT molecular complexity index is 384. The second kappa shape index (κ2) is 6.52. The summed E-state index contributed by atoms with van der Waals surface area (Å²) in [6, 6.07) is 6.91. The molecule has 0 unspecified atom stereocenters. The number of hydrogen-bond donors (Lipinski definition) is 3. The Kier molecular flexibility index (Phi) is 5.00. The Morgan fingerprint density at radius 1 is 1.41 bits per heavy atom. The maximum absolute atomic E-state index is 11.2. The first kappa shape index (κ1) is 13.0. The van der Waals surface area contributed by atoms with Gasteiger partial charge in [-0.2, -0.15) is 5.10 Å². The maximum Gasteiger partial charge on any atom is 0.335 e. The fourth-order valence-electron chi connectivity index (χ4n) is 1.08. The van der Waals surface area contributed by atoms with Crippen LogP contribution in [0.1, 0.15) is 19.4 Å². The Labute approximate surface area is 101 Å². The summed E-state index contributed by atoms with van der Waals surface area (Å²) < 4.78 is 0. The number of anilines is 1. The molecular weight excluding hydrogens is 216 g/mol. The molecule has 0 bridgehead atoms. The second-order valence-electron chi connectivity index (χ2n) is 4.14. The van der Waals surface area contributed by atoms with Gasteiger partial charge in [0.05, 0.1) is 6.21 Å². The molecule has 0 radical (unpaired) electrons. The predicted molar refractivity (Wildman–Crippen MR) is 69.8 cm³/mol. The highest BCUT2D eigenvalue weighted by Crippen LogP contribution is 2.02. The second-order valence-corrected chi connectivity index (χ2v) is 4.14. The number of hydrogen-bond acceptors (Lipinski definition) is 3. The number of nitrogens with zero attached hydrogens (tertiary/aromatic N) is 1. The van der Waals surface area contributed by atoms with Gasteiger partial charge < -0.3 is 11.1 Å². The molecule has 5 heteroatoms. The van der Waals surface area contributed by atoms with Crippen molar-refractivity contribution in [1.82, 2.24) is 10.7 Å². The van der Waals surface area contributed by atoms with Crippen LogP contribution in [0.15, 0.2) is 29.4 Å². The van der Waals surface area contributed by atoms with Crippen molar-refractivity contribution in [3.63, 3.8) is 0 Å². The zero-order valence-electron chi connectivity index (χ0n) is 10.1. The molecule has 0 heterocycles. The maximum atomic E-state index is 11.2. The van der Waals surface area contributed by atoms with E-state index in [2.05, 4.69) is 15.8 Å². The summed E-state index contributed by atoms with van der Waals surface area (Å²) >= 11 is 0. The fraction of sp³-hybridized carbons (Fsp3) is 0.333. The van der Waals surface area contributed by atoms with Crippen LogP contribution in [0, 0.1) is 5.92 Å². The van der Waals surface area contributed by atoms with E-state index in [4.69, 9.17) is 5.73 Å². The Morgan fingerprint density at radius 2 is 2.06 bits per heavy atom. The molecule has 1 aromatic rings. The van der Waals surface area contributed by atoms with Crippen LogP contribution in [0.25, 0.3) is 0 Å². The molecule has 0 aliphatic heterocycles. The Balaban J connectivity index is 2.34. The fourth-order valence-corrected chi connectivity index (χ4v) is 1.08. The minimum absolute atomic E-state index is 0.301. The summed E-state index contributed by atoms with van der Waals surface area (Å²) in [5.74, 6) is 0.418. The lowest BCUT2D eigenvalue weighted by Gasteiger charge is -2.05. The zero-order valence-corrected chi connectivity index (χ0v) is 10.1. The van der Waals surface area contributed by atoms with Crippen molar-refractivity contribution in [1.29, 1.82) is 0 Å². The molecule has 0 saturated heterocycles. The van der Waals surface area contributed by atoms with E-state index >= 15 is 0 Å². The smallest absolute Gasteiger partial charge is 0.335 e. The number of nitrogens with two attached hydrogens (primary N) is 1. The van der Waals surface area contributed by atoms with E-state index < -0.39 is 0 Å². The number of nitrogens with one attached hydrogen (secondary N) is 2. The first-order chi connectivity index (χ1) is 8.08. The average Bonchev–Trinajstić information content (AvgIpc) is 2.29. The molecule has 1 aromatic carbocycles. The van der Waals surface area contributed by atoms with Crippen molar-refractivity contribution < 1.29 is 4.79 Å². The van der Waals surface area contributed by atoms with Crippen LogP contribution in [-0.2, 0) is 0 Å². The molecule has 0 fully saturated rings. The molecule has 0 spiro atoms. The van der Waals surface area contributed by atoms with Crippen LogP contribution < -0.4 is 16.5 Å². The highest BCUT2D eigenvalue weighted by Gasteiger charge is 1.98. The molecule has 0 aliphatic rings. The van der Waals surface area contributed by atoms with E-state index in [0.717, 1.165) is 5.56 Å². The molecule has 0 saturated carbocycles. The minimum atomic E-state index is -0.301. The van der Waals surface area contributed by atoms with Crippen LogP contribution >= 0.6 is 0 Å². The number of nitrogen functional groups attached to an aromatic ring is 1. The van der Waals surface area contributed by atoms with Crippen molar-refractivity contribution in [3.8, 4) is 0 Å². The molecule has 1 rings (SSSR count). The van der Waals surface area contributed by atoms with Crippen LogP contribution in [0.2, 0.25) is 0 Å². The number of amides is 2. The number of hydrazone groups is 1. The first-order valence-electron chi connectivity index (χ1n) is 5.50. The molecule has 5 nitrogen and oxygen atoms in total. The number of urea groups is 1. The van der Waals surface area contributed by atoms with Crippen LogP contribution in [0.3, 0.4) is 0 Å². The lowest BCUT2D eigenvalue weighted by atomic mass is 10.2. The van der Waals surface area contributed by atoms with Gasteiger partial charge in [0.15, 0.2) is 0 Å². The Morgan fingerprint density at radius 3 is 2.65 bits per heavy atom. The Hall–Kier alpha value is -2.04. The van der Waals surface area contributed by atoms with Gasteiger partial charge >= 0.3 is 6.03 Å². The van der Waals surface area contributed by atoms with Gasteiger partial charge in [-0.3, -0.25) is 0 Å². The number of carbonyl (C=O) groups excluding carboxylic acids is 1. The number of carbonyl (C=O) groups is 1. The average molecular weight is 234 g/mol. The zero-order chi connectivity index (χ0) is 12.7. The van der Waals surface area contributed by atoms with Gasteiger partial charge in [-0.15, -0.1) is 0 Å². The SMILES string of the molecule is CC(C)CNC(=O)NN=Cc1ccc(N)cc1. The van der Waals surface area contributed by atoms with E-state index in [-0.39, 0.29) is 6.03 Å².